The fraction of sp³-hybridized carbons (Fsp3) is 0.211. The van der Waals surface area contributed by atoms with Gasteiger partial charge in [-0.25, -0.2) is 0 Å². The molecular weight excluding hydrogens is 350 g/mol. The number of rotatable bonds is 5. The molecule has 6 nitrogen and oxygen atoms in total. The maximum atomic E-state index is 9.44. The monoisotopic (exact) mass is 365 g/mol. The predicted molar refractivity (Wildman–Crippen MR) is 96.0 cm³/mol. The van der Waals surface area contributed by atoms with Gasteiger partial charge in [-0.05, 0) is 48.9 Å². The lowest BCUT2D eigenvalue weighted by Crippen LogP contribution is -2.03. The summed E-state index contributed by atoms with van der Waals surface area (Å²) in [6.07, 6.45) is 0.614. The summed E-state index contributed by atoms with van der Waals surface area (Å²) in [6, 6.07) is 15.9. The quantitative estimate of drug-likeness (QED) is 0.632. The van der Waals surface area contributed by atoms with Crippen molar-refractivity contribution in [2.45, 2.75) is 23.8 Å². The van der Waals surface area contributed by atoms with Crippen molar-refractivity contribution >= 4 is 11.8 Å². The van der Waals surface area contributed by atoms with Crippen molar-refractivity contribution in [3.63, 3.8) is 0 Å². The van der Waals surface area contributed by atoms with Crippen LogP contribution in [0.25, 0.3) is 11.5 Å². The molecule has 1 aliphatic heterocycles. The fourth-order valence-corrected chi connectivity index (χ4v) is 3.36. The van der Waals surface area contributed by atoms with Crippen molar-refractivity contribution < 1.29 is 13.9 Å². The highest BCUT2D eigenvalue weighted by Gasteiger charge is 2.19. The van der Waals surface area contributed by atoms with Crippen LogP contribution in [-0.2, 0) is 6.42 Å². The number of aromatic nitrogens is 2. The molecule has 26 heavy (non-hydrogen) atoms. The van der Waals surface area contributed by atoms with E-state index in [1.807, 2.05) is 43.3 Å². The molecule has 0 saturated carbocycles. The Bertz CT molecular complexity index is 963. The highest BCUT2D eigenvalue weighted by atomic mass is 32.2. The Labute approximate surface area is 154 Å². The third kappa shape index (κ3) is 3.51. The van der Waals surface area contributed by atoms with Gasteiger partial charge in [-0.15, -0.1) is 10.2 Å². The Morgan fingerprint density at radius 3 is 2.73 bits per heavy atom. The number of hydrogen-bond donors (Lipinski definition) is 0. The van der Waals surface area contributed by atoms with E-state index >= 15 is 0 Å². The van der Waals surface area contributed by atoms with E-state index in [0.29, 0.717) is 29.0 Å². The first-order chi connectivity index (χ1) is 12.7. The summed E-state index contributed by atoms with van der Waals surface area (Å²) in [4.78, 5) is 0. The lowest BCUT2D eigenvalue weighted by atomic mass is 10.1. The van der Waals surface area contributed by atoms with Gasteiger partial charge >= 0.3 is 0 Å². The number of benzene rings is 2. The van der Waals surface area contributed by atoms with E-state index in [1.54, 1.807) is 6.07 Å². The molecule has 1 atom stereocenters. The first kappa shape index (κ1) is 16.5. The minimum Gasteiger partial charge on any atom is -0.454 e. The van der Waals surface area contributed by atoms with Crippen LogP contribution in [0, 0.1) is 18.3 Å². The molecule has 0 bridgehead atoms. The molecule has 7 heteroatoms. The van der Waals surface area contributed by atoms with Crippen LogP contribution in [0.2, 0.25) is 0 Å². The van der Waals surface area contributed by atoms with E-state index in [2.05, 4.69) is 16.3 Å². The minimum absolute atomic E-state index is 0.215. The van der Waals surface area contributed by atoms with Gasteiger partial charge < -0.3 is 13.9 Å². The molecule has 0 unspecified atom stereocenters. The lowest BCUT2D eigenvalue weighted by molar-refractivity contribution is 0.174. The molecule has 1 aromatic heterocycles. The Morgan fingerprint density at radius 1 is 1.12 bits per heavy atom. The van der Waals surface area contributed by atoms with E-state index in [4.69, 9.17) is 13.9 Å². The zero-order chi connectivity index (χ0) is 17.9. The van der Waals surface area contributed by atoms with Gasteiger partial charge in [0, 0.05) is 5.56 Å². The summed E-state index contributed by atoms with van der Waals surface area (Å²) in [7, 11) is 0. The summed E-state index contributed by atoms with van der Waals surface area (Å²) in [5.41, 5.74) is 3.05. The van der Waals surface area contributed by atoms with Crippen molar-refractivity contribution in [3.05, 3.63) is 53.6 Å². The highest BCUT2D eigenvalue weighted by Crippen LogP contribution is 2.36. The molecule has 0 spiro atoms. The van der Waals surface area contributed by atoms with E-state index in [0.717, 1.165) is 11.1 Å². The van der Waals surface area contributed by atoms with Gasteiger partial charge in [0.05, 0.1) is 6.07 Å². The van der Waals surface area contributed by atoms with Crippen LogP contribution >= 0.6 is 11.8 Å². The van der Waals surface area contributed by atoms with E-state index in [-0.39, 0.29) is 12.0 Å². The largest absolute Gasteiger partial charge is 0.454 e. The summed E-state index contributed by atoms with van der Waals surface area (Å²) in [5, 5.41) is 17.6. The number of nitriles is 1. The first-order valence-electron chi connectivity index (χ1n) is 8.06. The third-order valence-corrected chi connectivity index (χ3v) is 4.88. The predicted octanol–water partition coefficient (Wildman–Crippen LogP) is 4.00. The van der Waals surface area contributed by atoms with Gasteiger partial charge in [0.2, 0.25) is 12.7 Å². The molecule has 0 aliphatic carbocycles. The zero-order valence-electron chi connectivity index (χ0n) is 14.0. The third-order valence-electron chi connectivity index (χ3n) is 3.95. The normalized spacial score (nSPS) is 13.4. The molecule has 0 amide bonds. The maximum Gasteiger partial charge on any atom is 0.278 e. The zero-order valence-corrected chi connectivity index (χ0v) is 14.8. The van der Waals surface area contributed by atoms with Crippen LogP contribution in [0.3, 0.4) is 0 Å². The van der Waals surface area contributed by atoms with Gasteiger partial charge in [0.1, 0.15) is 5.25 Å². The second-order valence-electron chi connectivity index (χ2n) is 5.87. The number of nitrogens with zero attached hydrogens (tertiary/aromatic N) is 3. The van der Waals surface area contributed by atoms with Crippen LogP contribution in [-0.4, -0.2) is 22.2 Å². The number of hydrogen-bond acceptors (Lipinski definition) is 7. The molecule has 130 valence electrons. The van der Waals surface area contributed by atoms with E-state index < -0.39 is 0 Å². The molecule has 2 heterocycles. The molecule has 0 N–H and O–H groups in total. The van der Waals surface area contributed by atoms with E-state index in [1.165, 1.54) is 17.3 Å². The Morgan fingerprint density at radius 2 is 1.92 bits per heavy atom. The van der Waals surface area contributed by atoms with Crippen molar-refractivity contribution in [1.82, 2.24) is 10.2 Å². The van der Waals surface area contributed by atoms with Gasteiger partial charge in [-0.2, -0.15) is 5.26 Å². The van der Waals surface area contributed by atoms with Crippen LogP contribution in [0.1, 0.15) is 11.1 Å². The summed E-state index contributed by atoms with van der Waals surface area (Å²) in [5.74, 6) is 1.74. The first-order valence-corrected chi connectivity index (χ1v) is 8.94. The van der Waals surface area contributed by atoms with Gasteiger partial charge in [-0.3, -0.25) is 0 Å². The van der Waals surface area contributed by atoms with Crippen LogP contribution in [0.15, 0.2) is 52.1 Å². The Kier molecular flexibility index (Phi) is 4.50. The number of ether oxygens (including phenoxy) is 2. The lowest BCUT2D eigenvalue weighted by Gasteiger charge is -2.06. The molecule has 2 aromatic carbocycles. The summed E-state index contributed by atoms with van der Waals surface area (Å²) < 4.78 is 16.4. The van der Waals surface area contributed by atoms with E-state index in [9.17, 15) is 5.26 Å². The average molecular weight is 365 g/mol. The second kappa shape index (κ2) is 7.10. The van der Waals surface area contributed by atoms with Crippen molar-refractivity contribution in [1.29, 1.82) is 5.26 Å². The van der Waals surface area contributed by atoms with Crippen molar-refractivity contribution in [2.24, 2.45) is 0 Å². The number of thioether (sulfide) groups is 1. The molecule has 3 aromatic rings. The van der Waals surface area contributed by atoms with Crippen LogP contribution < -0.4 is 9.47 Å². The number of fused-ring (bicyclic) bond motifs is 1. The Hall–Kier alpha value is -2.98. The molecule has 1 aliphatic rings. The van der Waals surface area contributed by atoms with Gasteiger partial charge in [0.15, 0.2) is 11.5 Å². The average Bonchev–Trinajstić information content (AvgIpc) is 3.31. The molecule has 0 saturated heterocycles. The van der Waals surface area contributed by atoms with Crippen molar-refractivity contribution in [2.75, 3.05) is 6.79 Å². The number of aryl methyl sites for hydroxylation is 1. The molecule has 4 rings (SSSR count). The topological polar surface area (TPSA) is 81.2 Å². The summed E-state index contributed by atoms with van der Waals surface area (Å²) >= 11 is 1.27. The molecule has 0 radical (unpaired) electrons. The summed E-state index contributed by atoms with van der Waals surface area (Å²) in [6.45, 7) is 2.25. The van der Waals surface area contributed by atoms with Crippen LogP contribution in [0.5, 0.6) is 11.5 Å². The fourth-order valence-electron chi connectivity index (χ4n) is 2.58. The second-order valence-corrected chi connectivity index (χ2v) is 7.02. The minimum atomic E-state index is -0.303. The maximum absolute atomic E-state index is 9.44. The Balaban J connectivity index is 1.47. The molecular formula is C19H15N3O3S. The van der Waals surface area contributed by atoms with Gasteiger partial charge in [-0.1, -0.05) is 29.8 Å². The van der Waals surface area contributed by atoms with Gasteiger partial charge in [0.25, 0.3) is 5.22 Å². The molecule has 0 fully saturated rings. The highest BCUT2D eigenvalue weighted by molar-refractivity contribution is 7.99. The standard InChI is InChI=1S/C19H15N3O3S/c1-12-2-4-13(5-3-12)8-15(10-20)26-19-22-21-18(25-19)14-6-7-16-17(9-14)24-11-23-16/h2-7,9,15H,8,11H2,1H3/t15-/m1/s1. The van der Waals surface area contributed by atoms with Crippen LogP contribution in [0.4, 0.5) is 0 Å². The smallest absolute Gasteiger partial charge is 0.278 e. The SMILES string of the molecule is Cc1ccc(C[C@H](C#N)Sc2nnc(-c3ccc4c(c3)OCO4)o2)cc1. The van der Waals surface area contributed by atoms with Crippen molar-refractivity contribution in [3.8, 4) is 29.0 Å².